The summed E-state index contributed by atoms with van der Waals surface area (Å²) in [6.07, 6.45) is 4.41. The van der Waals surface area contributed by atoms with Gasteiger partial charge in [0.15, 0.2) is 0 Å². The Hall–Kier alpha value is -1.36. The molecule has 0 aromatic carbocycles. The van der Waals surface area contributed by atoms with Gasteiger partial charge in [-0.25, -0.2) is 4.79 Å². The van der Waals surface area contributed by atoms with Crippen molar-refractivity contribution >= 4 is 11.9 Å². The number of esters is 1. The summed E-state index contributed by atoms with van der Waals surface area (Å²) in [5.41, 5.74) is 0.667. The van der Waals surface area contributed by atoms with Crippen LogP contribution in [0, 0.1) is 0 Å². The van der Waals surface area contributed by atoms with Crippen molar-refractivity contribution in [1.29, 1.82) is 0 Å². The highest BCUT2D eigenvalue weighted by molar-refractivity contribution is 5.88. The molecule has 1 amide bonds. The standard InChI is InChI=1S/C13H22N2O3/c1-4-10(13(17)18-3)7-9-15-8-5-6-11(15)12(16)14-2/h7,11H,4-6,8-9H2,1-3H3,(H,14,16). The van der Waals surface area contributed by atoms with Gasteiger partial charge < -0.3 is 10.1 Å². The summed E-state index contributed by atoms with van der Waals surface area (Å²) in [5.74, 6) is -0.231. The molecule has 18 heavy (non-hydrogen) atoms. The van der Waals surface area contributed by atoms with Crippen LogP contribution in [0.4, 0.5) is 0 Å². The average Bonchev–Trinajstić information content (AvgIpc) is 2.86. The van der Waals surface area contributed by atoms with Crippen molar-refractivity contribution in [3.05, 3.63) is 11.6 Å². The molecule has 1 unspecified atom stereocenters. The zero-order chi connectivity index (χ0) is 13.5. The number of carbonyl (C=O) groups is 2. The second-order valence-corrected chi connectivity index (χ2v) is 4.34. The molecule has 1 aliphatic heterocycles. The molecule has 1 rings (SSSR count). The van der Waals surface area contributed by atoms with E-state index in [1.165, 1.54) is 7.11 Å². The van der Waals surface area contributed by atoms with Crippen molar-refractivity contribution in [1.82, 2.24) is 10.2 Å². The molecule has 0 aromatic heterocycles. The quantitative estimate of drug-likeness (QED) is 0.580. The lowest BCUT2D eigenvalue weighted by molar-refractivity contribution is -0.136. The zero-order valence-electron chi connectivity index (χ0n) is 11.4. The molecule has 0 aliphatic carbocycles. The number of likely N-dealkylation sites (tertiary alicyclic amines) is 1. The summed E-state index contributed by atoms with van der Waals surface area (Å²) in [5, 5.41) is 2.68. The summed E-state index contributed by atoms with van der Waals surface area (Å²) in [4.78, 5) is 25.2. The van der Waals surface area contributed by atoms with E-state index in [9.17, 15) is 9.59 Å². The van der Waals surface area contributed by atoms with Crippen LogP contribution in [0.5, 0.6) is 0 Å². The molecule has 5 nitrogen and oxygen atoms in total. The maximum atomic E-state index is 11.7. The maximum Gasteiger partial charge on any atom is 0.333 e. The molecular weight excluding hydrogens is 232 g/mol. The van der Waals surface area contributed by atoms with Gasteiger partial charge in [-0.2, -0.15) is 0 Å². The topological polar surface area (TPSA) is 58.6 Å². The van der Waals surface area contributed by atoms with Crippen LogP contribution in [0.2, 0.25) is 0 Å². The molecule has 0 spiro atoms. The number of amides is 1. The van der Waals surface area contributed by atoms with Gasteiger partial charge >= 0.3 is 5.97 Å². The Morgan fingerprint density at radius 3 is 2.78 bits per heavy atom. The second-order valence-electron chi connectivity index (χ2n) is 4.34. The van der Waals surface area contributed by atoms with Gasteiger partial charge in [-0.15, -0.1) is 0 Å². The fourth-order valence-electron chi connectivity index (χ4n) is 2.24. The maximum absolute atomic E-state index is 11.7. The van der Waals surface area contributed by atoms with Gasteiger partial charge in [0.1, 0.15) is 0 Å². The molecule has 0 bridgehead atoms. The van der Waals surface area contributed by atoms with Crippen LogP contribution in [0.25, 0.3) is 0 Å². The van der Waals surface area contributed by atoms with Gasteiger partial charge in [-0.3, -0.25) is 9.69 Å². The highest BCUT2D eigenvalue weighted by Crippen LogP contribution is 2.17. The first-order chi connectivity index (χ1) is 8.63. The molecule has 1 fully saturated rings. The molecule has 0 radical (unpaired) electrons. The molecule has 1 saturated heterocycles. The predicted octanol–water partition coefficient (Wildman–Crippen LogP) is 0.706. The Balaban J connectivity index is 2.63. The molecule has 1 atom stereocenters. The SMILES string of the molecule is CCC(=CCN1CCCC1C(=O)NC)C(=O)OC. The molecule has 5 heteroatoms. The molecule has 0 saturated carbocycles. The van der Waals surface area contributed by atoms with Crippen molar-refractivity contribution in [3.8, 4) is 0 Å². The molecule has 1 N–H and O–H groups in total. The van der Waals surface area contributed by atoms with Crippen molar-refractivity contribution in [2.24, 2.45) is 0 Å². The first kappa shape index (κ1) is 14.7. The number of ether oxygens (including phenoxy) is 1. The smallest absolute Gasteiger partial charge is 0.333 e. The summed E-state index contributed by atoms with van der Waals surface area (Å²) in [7, 11) is 3.04. The van der Waals surface area contributed by atoms with E-state index in [-0.39, 0.29) is 17.9 Å². The van der Waals surface area contributed by atoms with Crippen LogP contribution in [-0.2, 0) is 14.3 Å². The van der Waals surface area contributed by atoms with Gasteiger partial charge in [0.25, 0.3) is 0 Å². The Labute approximate surface area is 108 Å². The Morgan fingerprint density at radius 1 is 1.50 bits per heavy atom. The van der Waals surface area contributed by atoms with E-state index >= 15 is 0 Å². The number of nitrogens with zero attached hydrogens (tertiary/aromatic N) is 1. The second kappa shape index (κ2) is 7.16. The summed E-state index contributed by atoms with van der Waals surface area (Å²) in [6, 6.07) is -0.0676. The normalized spacial score (nSPS) is 20.8. The lowest BCUT2D eigenvalue weighted by atomic mass is 10.1. The summed E-state index contributed by atoms with van der Waals surface area (Å²) >= 11 is 0. The third-order valence-corrected chi connectivity index (χ3v) is 3.31. The van der Waals surface area contributed by atoms with Crippen LogP contribution >= 0.6 is 0 Å². The first-order valence-corrected chi connectivity index (χ1v) is 6.37. The molecule has 102 valence electrons. The van der Waals surface area contributed by atoms with Gasteiger partial charge in [-0.05, 0) is 25.8 Å². The van der Waals surface area contributed by atoms with Crippen molar-refractivity contribution in [2.75, 3.05) is 27.2 Å². The van der Waals surface area contributed by atoms with E-state index in [1.54, 1.807) is 7.05 Å². The summed E-state index contributed by atoms with van der Waals surface area (Å²) < 4.78 is 4.71. The van der Waals surface area contributed by atoms with E-state index in [2.05, 4.69) is 10.2 Å². The fraction of sp³-hybridized carbons (Fsp3) is 0.692. The lowest BCUT2D eigenvalue weighted by Crippen LogP contribution is -2.42. The highest BCUT2D eigenvalue weighted by Gasteiger charge is 2.29. The van der Waals surface area contributed by atoms with Gasteiger partial charge in [-0.1, -0.05) is 13.0 Å². The third-order valence-electron chi connectivity index (χ3n) is 3.31. The highest BCUT2D eigenvalue weighted by atomic mass is 16.5. The minimum absolute atomic E-state index is 0.0528. The Morgan fingerprint density at radius 2 is 2.22 bits per heavy atom. The van der Waals surface area contributed by atoms with E-state index < -0.39 is 0 Å². The Kier molecular flexibility index (Phi) is 5.85. The number of hydrogen-bond donors (Lipinski definition) is 1. The van der Waals surface area contributed by atoms with Gasteiger partial charge in [0.2, 0.25) is 5.91 Å². The van der Waals surface area contributed by atoms with Crippen molar-refractivity contribution in [2.45, 2.75) is 32.2 Å². The molecular formula is C13H22N2O3. The van der Waals surface area contributed by atoms with Crippen LogP contribution in [0.1, 0.15) is 26.2 Å². The molecule has 0 aromatic rings. The van der Waals surface area contributed by atoms with Crippen LogP contribution < -0.4 is 5.32 Å². The number of carbonyl (C=O) groups excluding carboxylic acids is 2. The van der Waals surface area contributed by atoms with E-state index in [1.807, 2.05) is 13.0 Å². The summed E-state index contributed by atoms with van der Waals surface area (Å²) in [6.45, 7) is 3.44. The van der Waals surface area contributed by atoms with E-state index in [0.29, 0.717) is 18.5 Å². The van der Waals surface area contributed by atoms with Gasteiger partial charge in [0, 0.05) is 19.2 Å². The predicted molar refractivity (Wildman–Crippen MR) is 69.1 cm³/mol. The minimum atomic E-state index is -0.284. The largest absolute Gasteiger partial charge is 0.466 e. The first-order valence-electron chi connectivity index (χ1n) is 6.37. The van der Waals surface area contributed by atoms with Crippen LogP contribution in [-0.4, -0.2) is 50.1 Å². The lowest BCUT2D eigenvalue weighted by Gasteiger charge is -2.21. The molecule has 1 heterocycles. The van der Waals surface area contributed by atoms with Crippen molar-refractivity contribution in [3.63, 3.8) is 0 Å². The number of rotatable bonds is 5. The minimum Gasteiger partial charge on any atom is -0.466 e. The fourth-order valence-corrected chi connectivity index (χ4v) is 2.24. The van der Waals surface area contributed by atoms with Crippen LogP contribution in [0.3, 0.4) is 0 Å². The van der Waals surface area contributed by atoms with Gasteiger partial charge in [0.05, 0.1) is 13.2 Å². The number of nitrogens with one attached hydrogen (secondary N) is 1. The number of likely N-dealkylation sites (N-methyl/N-ethyl adjacent to an activating group) is 1. The van der Waals surface area contributed by atoms with E-state index in [0.717, 1.165) is 19.4 Å². The Bertz CT molecular complexity index is 339. The van der Waals surface area contributed by atoms with Crippen molar-refractivity contribution < 1.29 is 14.3 Å². The number of methoxy groups -OCH3 is 1. The third kappa shape index (κ3) is 3.57. The average molecular weight is 254 g/mol. The zero-order valence-corrected chi connectivity index (χ0v) is 11.4. The van der Waals surface area contributed by atoms with E-state index in [4.69, 9.17) is 4.74 Å². The monoisotopic (exact) mass is 254 g/mol. The van der Waals surface area contributed by atoms with Crippen LogP contribution in [0.15, 0.2) is 11.6 Å². The number of hydrogen-bond acceptors (Lipinski definition) is 4. The molecule has 1 aliphatic rings.